The smallest absolute Gasteiger partial charge is 0.319 e. The quantitative estimate of drug-likeness (QED) is 0.554. The van der Waals surface area contributed by atoms with E-state index in [0.29, 0.717) is 25.5 Å². The van der Waals surface area contributed by atoms with Crippen LogP contribution in [0.5, 0.6) is 0 Å². The van der Waals surface area contributed by atoms with Crippen LogP contribution in [0.15, 0.2) is 0 Å². The van der Waals surface area contributed by atoms with Crippen molar-refractivity contribution in [3.05, 3.63) is 0 Å². The topological polar surface area (TPSA) is 46.6 Å². The maximum absolute atomic E-state index is 12.0. The highest BCUT2D eigenvalue weighted by Crippen LogP contribution is 2.34. The predicted octanol–water partition coefficient (Wildman–Crippen LogP) is 1.63. The van der Waals surface area contributed by atoms with E-state index in [9.17, 15) is 9.59 Å². The number of esters is 1. The summed E-state index contributed by atoms with van der Waals surface area (Å²) in [5, 5.41) is 0. The van der Waals surface area contributed by atoms with E-state index in [2.05, 4.69) is 18.7 Å². The van der Waals surface area contributed by atoms with Gasteiger partial charge in [0.15, 0.2) is 0 Å². The number of nitrogens with zero attached hydrogens (tertiary/aromatic N) is 1. The molecule has 0 aromatic carbocycles. The van der Waals surface area contributed by atoms with Crippen LogP contribution >= 0.6 is 0 Å². The zero-order chi connectivity index (χ0) is 13.1. The second kappa shape index (κ2) is 5.63. The zero-order valence-electron chi connectivity index (χ0n) is 11.3. The molecule has 0 spiro atoms. The van der Waals surface area contributed by atoms with Crippen LogP contribution in [0.3, 0.4) is 0 Å². The number of rotatable bonds is 4. The molecule has 0 aromatic rings. The van der Waals surface area contributed by atoms with Gasteiger partial charge in [-0.1, -0.05) is 0 Å². The molecule has 0 atom stereocenters. The molecule has 0 aromatic heterocycles. The molecule has 1 heterocycles. The van der Waals surface area contributed by atoms with Crippen LogP contribution in [-0.2, 0) is 14.3 Å². The summed E-state index contributed by atoms with van der Waals surface area (Å²) in [5.41, 5.74) is -0.888. The van der Waals surface area contributed by atoms with Gasteiger partial charge in [0.25, 0.3) is 0 Å². The Labute approximate surface area is 103 Å². The van der Waals surface area contributed by atoms with E-state index in [1.54, 1.807) is 6.92 Å². The van der Waals surface area contributed by atoms with Crippen molar-refractivity contribution in [3.8, 4) is 0 Å². The number of ketones is 1. The highest BCUT2D eigenvalue weighted by molar-refractivity contribution is 6.02. The molecule has 1 aliphatic rings. The van der Waals surface area contributed by atoms with E-state index in [-0.39, 0.29) is 11.8 Å². The first-order valence-electron chi connectivity index (χ1n) is 6.36. The number of hydrogen-bond acceptors (Lipinski definition) is 4. The molecule has 1 rings (SSSR count). The van der Waals surface area contributed by atoms with Crippen molar-refractivity contribution in [3.63, 3.8) is 0 Å². The third-order valence-electron chi connectivity index (χ3n) is 3.72. The number of piperidine rings is 1. The van der Waals surface area contributed by atoms with Crippen LogP contribution in [0.25, 0.3) is 0 Å². The van der Waals surface area contributed by atoms with Gasteiger partial charge in [0.1, 0.15) is 11.2 Å². The fourth-order valence-electron chi connectivity index (χ4n) is 2.39. The Bertz CT molecular complexity index is 291. The van der Waals surface area contributed by atoms with Crippen LogP contribution in [0.4, 0.5) is 0 Å². The Balaban J connectivity index is 2.77. The van der Waals surface area contributed by atoms with E-state index in [4.69, 9.17) is 4.74 Å². The summed E-state index contributed by atoms with van der Waals surface area (Å²) < 4.78 is 5.06. The summed E-state index contributed by atoms with van der Waals surface area (Å²) in [6.45, 7) is 9.45. The van der Waals surface area contributed by atoms with Gasteiger partial charge >= 0.3 is 5.97 Å². The number of likely N-dealkylation sites (tertiary alicyclic amines) is 1. The molecule has 98 valence electrons. The van der Waals surface area contributed by atoms with Gasteiger partial charge < -0.3 is 9.64 Å². The average molecular weight is 241 g/mol. The standard InChI is InChI=1S/C13H23NO3/c1-5-17-12(16)13(11(4)15)6-8-14(9-7-13)10(2)3/h10H,5-9H2,1-4H3. The molecule has 1 aliphatic heterocycles. The molecule has 1 fully saturated rings. The van der Waals surface area contributed by atoms with Gasteiger partial charge in [-0.3, -0.25) is 9.59 Å². The third-order valence-corrected chi connectivity index (χ3v) is 3.72. The van der Waals surface area contributed by atoms with Crippen molar-refractivity contribution in [2.75, 3.05) is 19.7 Å². The van der Waals surface area contributed by atoms with E-state index in [1.165, 1.54) is 6.92 Å². The van der Waals surface area contributed by atoms with E-state index >= 15 is 0 Å². The van der Waals surface area contributed by atoms with Gasteiger partial charge in [-0.2, -0.15) is 0 Å². The fraction of sp³-hybridized carbons (Fsp3) is 0.846. The first-order chi connectivity index (χ1) is 7.94. The summed E-state index contributed by atoms with van der Waals surface area (Å²) in [5.74, 6) is -0.393. The number of Topliss-reactive ketones (excluding diaryl/α,β-unsaturated/α-hetero) is 1. The molecule has 4 heteroatoms. The number of carbonyl (C=O) groups excluding carboxylic acids is 2. The fourth-order valence-corrected chi connectivity index (χ4v) is 2.39. The normalized spacial score (nSPS) is 20.3. The highest BCUT2D eigenvalue weighted by Gasteiger charge is 2.46. The summed E-state index contributed by atoms with van der Waals surface area (Å²) in [7, 11) is 0. The van der Waals surface area contributed by atoms with E-state index in [1.807, 2.05) is 0 Å². The summed E-state index contributed by atoms with van der Waals surface area (Å²) in [6, 6.07) is 0.460. The first kappa shape index (κ1) is 14.2. The molecule has 0 aliphatic carbocycles. The van der Waals surface area contributed by atoms with Crippen LogP contribution in [0.1, 0.15) is 40.5 Å². The zero-order valence-corrected chi connectivity index (χ0v) is 11.3. The van der Waals surface area contributed by atoms with Gasteiger partial charge in [0.05, 0.1) is 6.61 Å². The van der Waals surface area contributed by atoms with Crippen molar-refractivity contribution in [2.45, 2.75) is 46.6 Å². The molecular formula is C13H23NO3. The monoisotopic (exact) mass is 241 g/mol. The van der Waals surface area contributed by atoms with Crippen molar-refractivity contribution < 1.29 is 14.3 Å². The maximum Gasteiger partial charge on any atom is 0.319 e. The number of hydrogen-bond donors (Lipinski definition) is 0. The minimum absolute atomic E-state index is 0.0562. The van der Waals surface area contributed by atoms with Gasteiger partial charge in [-0.05, 0) is 53.6 Å². The lowest BCUT2D eigenvalue weighted by atomic mass is 9.75. The Hall–Kier alpha value is -0.900. The third kappa shape index (κ3) is 2.86. The van der Waals surface area contributed by atoms with Crippen molar-refractivity contribution in [1.82, 2.24) is 4.90 Å². The lowest BCUT2D eigenvalue weighted by Crippen LogP contribution is -2.50. The largest absolute Gasteiger partial charge is 0.465 e. The number of carbonyl (C=O) groups is 2. The predicted molar refractivity (Wildman–Crippen MR) is 65.7 cm³/mol. The van der Waals surface area contributed by atoms with Crippen LogP contribution in [0.2, 0.25) is 0 Å². The van der Waals surface area contributed by atoms with Gasteiger partial charge in [-0.15, -0.1) is 0 Å². The second-order valence-electron chi connectivity index (χ2n) is 4.99. The minimum Gasteiger partial charge on any atom is -0.465 e. The Morgan fingerprint density at radius 1 is 1.29 bits per heavy atom. The lowest BCUT2D eigenvalue weighted by Gasteiger charge is -2.39. The molecule has 1 saturated heterocycles. The van der Waals surface area contributed by atoms with Gasteiger partial charge in [0, 0.05) is 6.04 Å². The van der Waals surface area contributed by atoms with Crippen molar-refractivity contribution >= 4 is 11.8 Å². The molecule has 0 N–H and O–H groups in total. The Kier molecular flexibility index (Phi) is 4.69. The molecule has 0 amide bonds. The molecule has 17 heavy (non-hydrogen) atoms. The molecule has 4 nitrogen and oxygen atoms in total. The van der Waals surface area contributed by atoms with Crippen molar-refractivity contribution in [1.29, 1.82) is 0 Å². The SMILES string of the molecule is CCOC(=O)C1(C(C)=O)CCN(C(C)C)CC1. The maximum atomic E-state index is 12.0. The van der Waals surface area contributed by atoms with Gasteiger partial charge in [0.2, 0.25) is 0 Å². The second-order valence-corrected chi connectivity index (χ2v) is 4.99. The van der Waals surface area contributed by atoms with E-state index < -0.39 is 5.41 Å². The molecule has 0 radical (unpaired) electrons. The molecule has 0 bridgehead atoms. The Morgan fingerprint density at radius 3 is 2.18 bits per heavy atom. The van der Waals surface area contributed by atoms with Gasteiger partial charge in [-0.25, -0.2) is 0 Å². The molecular weight excluding hydrogens is 218 g/mol. The van der Waals surface area contributed by atoms with Crippen LogP contribution in [-0.4, -0.2) is 42.4 Å². The summed E-state index contributed by atoms with van der Waals surface area (Å²) in [4.78, 5) is 26.1. The number of ether oxygens (including phenoxy) is 1. The van der Waals surface area contributed by atoms with Crippen molar-refractivity contribution in [2.24, 2.45) is 5.41 Å². The van der Waals surface area contributed by atoms with E-state index in [0.717, 1.165) is 13.1 Å². The minimum atomic E-state index is -0.888. The molecule has 0 saturated carbocycles. The highest BCUT2D eigenvalue weighted by atomic mass is 16.5. The molecule has 0 unspecified atom stereocenters. The summed E-state index contributed by atoms with van der Waals surface area (Å²) in [6.07, 6.45) is 1.17. The Morgan fingerprint density at radius 2 is 1.82 bits per heavy atom. The van der Waals surface area contributed by atoms with Crippen LogP contribution < -0.4 is 0 Å². The average Bonchev–Trinajstić information content (AvgIpc) is 2.29. The van der Waals surface area contributed by atoms with Crippen LogP contribution in [0, 0.1) is 5.41 Å². The summed E-state index contributed by atoms with van der Waals surface area (Å²) >= 11 is 0. The first-order valence-corrected chi connectivity index (χ1v) is 6.36. The lowest BCUT2D eigenvalue weighted by molar-refractivity contribution is -0.163.